The highest BCUT2D eigenvalue weighted by Crippen LogP contribution is 2.29. The molecule has 0 radical (unpaired) electrons. The fourth-order valence-electron chi connectivity index (χ4n) is 3.02. The summed E-state index contributed by atoms with van der Waals surface area (Å²) in [6.45, 7) is 2.99. The van der Waals surface area contributed by atoms with Crippen molar-refractivity contribution in [1.29, 1.82) is 0 Å². The van der Waals surface area contributed by atoms with Crippen LogP contribution in [0.15, 0.2) is 48.5 Å². The molecule has 0 bridgehead atoms. The molecule has 0 spiro atoms. The van der Waals surface area contributed by atoms with Gasteiger partial charge in [0.2, 0.25) is 0 Å². The van der Waals surface area contributed by atoms with Gasteiger partial charge >= 0.3 is 12.2 Å². The molecule has 0 aliphatic rings. The van der Waals surface area contributed by atoms with Gasteiger partial charge in [-0.15, -0.1) is 0 Å². The maximum absolute atomic E-state index is 11.4. The van der Waals surface area contributed by atoms with Crippen molar-refractivity contribution in [2.24, 2.45) is 0 Å². The summed E-state index contributed by atoms with van der Waals surface area (Å²) in [5, 5.41) is 18.0. The van der Waals surface area contributed by atoms with Gasteiger partial charge in [0.25, 0.3) is 0 Å². The molecule has 2 amide bonds. The molecule has 4 N–H and O–H groups in total. The van der Waals surface area contributed by atoms with Crippen LogP contribution in [0.25, 0.3) is 0 Å². The molecule has 8 heteroatoms. The molecule has 2 aromatic rings. The van der Waals surface area contributed by atoms with Crippen molar-refractivity contribution in [3.05, 3.63) is 59.7 Å². The first-order chi connectivity index (χ1) is 14.4. The van der Waals surface area contributed by atoms with Crippen molar-refractivity contribution in [3.8, 4) is 0 Å². The third-order valence-electron chi connectivity index (χ3n) is 4.54. The molecule has 0 heterocycles. The average molecular weight is 415 g/mol. The Morgan fingerprint density at radius 3 is 1.67 bits per heavy atom. The average Bonchev–Trinajstić information content (AvgIpc) is 2.75. The van der Waals surface area contributed by atoms with E-state index in [1.165, 1.54) is 14.2 Å². The molecule has 8 nitrogen and oxygen atoms in total. The molecule has 0 aliphatic heterocycles. The van der Waals surface area contributed by atoms with Gasteiger partial charge < -0.3 is 19.9 Å². The number of aliphatic hydroxyl groups excluding tert-OH is 1. The summed E-state index contributed by atoms with van der Waals surface area (Å²) in [4.78, 5) is 22.8. The summed E-state index contributed by atoms with van der Waals surface area (Å²) < 4.78 is 9.23. The number of hydrogen-bond acceptors (Lipinski definition) is 6. The van der Waals surface area contributed by atoms with Crippen molar-refractivity contribution in [3.63, 3.8) is 0 Å². The van der Waals surface area contributed by atoms with Gasteiger partial charge in [0.1, 0.15) is 0 Å². The van der Waals surface area contributed by atoms with Crippen LogP contribution in [-0.4, -0.2) is 50.7 Å². The topological polar surface area (TPSA) is 109 Å². The monoisotopic (exact) mass is 415 g/mol. The van der Waals surface area contributed by atoms with Gasteiger partial charge in [0.05, 0.1) is 20.3 Å². The maximum atomic E-state index is 11.4. The zero-order valence-corrected chi connectivity index (χ0v) is 17.5. The fourth-order valence-corrected chi connectivity index (χ4v) is 3.02. The van der Waals surface area contributed by atoms with Crippen LogP contribution in [0.5, 0.6) is 0 Å². The van der Waals surface area contributed by atoms with Gasteiger partial charge in [-0.3, -0.25) is 10.6 Å². The second-order valence-corrected chi connectivity index (χ2v) is 6.87. The minimum Gasteiger partial charge on any atom is -0.453 e. The largest absolute Gasteiger partial charge is 0.453 e. The van der Waals surface area contributed by atoms with E-state index in [9.17, 15) is 14.7 Å². The quantitative estimate of drug-likeness (QED) is 0.467. The van der Waals surface area contributed by atoms with Crippen molar-refractivity contribution < 1.29 is 24.2 Å². The molecule has 0 saturated carbocycles. The van der Waals surface area contributed by atoms with Crippen LogP contribution in [0, 0.1) is 0 Å². The summed E-state index contributed by atoms with van der Waals surface area (Å²) in [6, 6.07) is 15.2. The Morgan fingerprint density at radius 1 is 0.867 bits per heavy atom. The highest BCUT2D eigenvalue weighted by atomic mass is 16.5. The summed E-state index contributed by atoms with van der Waals surface area (Å²) in [6.07, 6.45) is -0.637. The Bertz CT molecular complexity index is 745. The SMILES string of the molecule is COC(=O)Nc1ccc(C(CCNCC(C)O)c2ccc(NC(=O)OC)cc2)cc1. The van der Waals surface area contributed by atoms with Crippen LogP contribution in [0.2, 0.25) is 0 Å². The first-order valence-electron chi connectivity index (χ1n) is 9.71. The summed E-state index contributed by atoms with van der Waals surface area (Å²) in [7, 11) is 2.64. The number of benzene rings is 2. The molecule has 1 atom stereocenters. The predicted octanol–water partition coefficient (Wildman–Crippen LogP) is 3.54. The van der Waals surface area contributed by atoms with Crippen molar-refractivity contribution in [1.82, 2.24) is 5.32 Å². The molecule has 1 unspecified atom stereocenters. The van der Waals surface area contributed by atoms with E-state index in [-0.39, 0.29) is 5.92 Å². The van der Waals surface area contributed by atoms with Gasteiger partial charge in [-0.2, -0.15) is 0 Å². The smallest absolute Gasteiger partial charge is 0.411 e. The van der Waals surface area contributed by atoms with E-state index < -0.39 is 18.3 Å². The summed E-state index contributed by atoms with van der Waals surface area (Å²) in [5.74, 6) is 0.0888. The Labute approximate surface area is 176 Å². The number of methoxy groups -OCH3 is 2. The molecule has 0 saturated heterocycles. The summed E-state index contributed by atoms with van der Waals surface area (Å²) in [5.41, 5.74) is 3.46. The Kier molecular flexibility index (Phi) is 9.11. The Hall–Kier alpha value is -3.10. The van der Waals surface area contributed by atoms with E-state index in [2.05, 4.69) is 25.4 Å². The van der Waals surface area contributed by atoms with Crippen LogP contribution in [0.1, 0.15) is 30.4 Å². The lowest BCUT2D eigenvalue weighted by molar-refractivity contribution is 0.186. The highest BCUT2D eigenvalue weighted by molar-refractivity contribution is 5.85. The summed E-state index contributed by atoms with van der Waals surface area (Å²) >= 11 is 0. The number of amides is 2. The first-order valence-corrected chi connectivity index (χ1v) is 9.71. The molecular formula is C22H29N3O5. The highest BCUT2D eigenvalue weighted by Gasteiger charge is 2.15. The number of nitrogens with one attached hydrogen (secondary N) is 3. The third-order valence-corrected chi connectivity index (χ3v) is 4.54. The molecule has 162 valence electrons. The second-order valence-electron chi connectivity index (χ2n) is 6.87. The van der Waals surface area contributed by atoms with Gasteiger partial charge in [-0.1, -0.05) is 24.3 Å². The Morgan fingerprint density at radius 2 is 1.30 bits per heavy atom. The van der Waals surface area contributed by atoms with Crippen molar-refractivity contribution in [2.45, 2.75) is 25.4 Å². The standard InChI is InChI=1S/C22H29N3O5/c1-15(26)14-23-13-12-20(16-4-8-18(9-5-16)24-21(27)29-2)17-6-10-19(11-7-17)25-22(28)30-3/h4-11,15,20,23,26H,12-14H2,1-3H3,(H,24,27)(H,25,28). The molecule has 2 rings (SSSR count). The van der Waals surface area contributed by atoms with Gasteiger partial charge in [0, 0.05) is 23.8 Å². The normalized spacial score (nSPS) is 11.6. The molecule has 0 aromatic heterocycles. The number of carbonyl (C=O) groups is 2. The van der Waals surface area contributed by atoms with Gasteiger partial charge in [0.15, 0.2) is 0 Å². The third kappa shape index (κ3) is 7.38. The van der Waals surface area contributed by atoms with Crippen molar-refractivity contribution in [2.75, 3.05) is 37.9 Å². The minimum atomic E-state index is -0.518. The van der Waals surface area contributed by atoms with Gasteiger partial charge in [-0.05, 0) is 55.3 Å². The lowest BCUT2D eigenvalue weighted by Gasteiger charge is -2.20. The molecule has 0 aliphatic carbocycles. The lowest BCUT2D eigenvalue weighted by Crippen LogP contribution is -2.26. The lowest BCUT2D eigenvalue weighted by atomic mass is 9.88. The number of carbonyl (C=O) groups excluding carboxylic acids is 2. The fraction of sp³-hybridized carbons (Fsp3) is 0.364. The van der Waals surface area contributed by atoms with Gasteiger partial charge in [-0.25, -0.2) is 9.59 Å². The van der Waals surface area contributed by atoms with E-state index >= 15 is 0 Å². The maximum Gasteiger partial charge on any atom is 0.411 e. The molecule has 2 aromatic carbocycles. The Balaban J connectivity index is 2.17. The van der Waals surface area contributed by atoms with Crippen LogP contribution in [0.3, 0.4) is 0 Å². The molecule has 30 heavy (non-hydrogen) atoms. The van der Waals surface area contributed by atoms with E-state index in [4.69, 9.17) is 0 Å². The zero-order chi connectivity index (χ0) is 21.9. The molecule has 0 fully saturated rings. The predicted molar refractivity (Wildman–Crippen MR) is 116 cm³/mol. The number of anilines is 2. The number of hydrogen-bond donors (Lipinski definition) is 4. The minimum absolute atomic E-state index is 0.0888. The van der Waals surface area contributed by atoms with Crippen LogP contribution in [-0.2, 0) is 9.47 Å². The van der Waals surface area contributed by atoms with E-state index in [0.29, 0.717) is 17.9 Å². The first kappa shape index (κ1) is 23.2. The van der Waals surface area contributed by atoms with Crippen LogP contribution < -0.4 is 16.0 Å². The van der Waals surface area contributed by atoms with E-state index in [0.717, 1.165) is 24.1 Å². The zero-order valence-electron chi connectivity index (χ0n) is 17.5. The van der Waals surface area contributed by atoms with Crippen molar-refractivity contribution >= 4 is 23.6 Å². The van der Waals surface area contributed by atoms with Crippen LogP contribution in [0.4, 0.5) is 21.0 Å². The number of ether oxygens (including phenoxy) is 2. The van der Waals surface area contributed by atoms with E-state index in [1.54, 1.807) is 6.92 Å². The number of aliphatic hydroxyl groups is 1. The molecular weight excluding hydrogens is 386 g/mol. The van der Waals surface area contributed by atoms with Crippen LogP contribution >= 0.6 is 0 Å². The number of rotatable bonds is 9. The second kappa shape index (κ2) is 11.8. The van der Waals surface area contributed by atoms with E-state index in [1.807, 2.05) is 48.5 Å².